The highest BCUT2D eigenvalue weighted by Crippen LogP contribution is 2.35. The summed E-state index contributed by atoms with van der Waals surface area (Å²) in [5.41, 5.74) is 6.05. The molecule has 3 aromatic carbocycles. The molecule has 0 saturated carbocycles. The third-order valence-electron chi connectivity index (χ3n) is 5.77. The van der Waals surface area contributed by atoms with E-state index < -0.39 is 0 Å². The fraction of sp³-hybridized carbons (Fsp3) is 0.259. The van der Waals surface area contributed by atoms with Crippen LogP contribution in [0, 0.1) is 6.92 Å². The number of nitrogens with zero attached hydrogens (tertiary/aromatic N) is 4. The van der Waals surface area contributed by atoms with Gasteiger partial charge in [-0.1, -0.05) is 65.4 Å². The van der Waals surface area contributed by atoms with Gasteiger partial charge in [-0.15, -0.1) is 10.2 Å². The number of H-pyrrole nitrogens is 1. The summed E-state index contributed by atoms with van der Waals surface area (Å²) in [5.74, 6) is 1.37. The maximum Gasteiger partial charge on any atom is 0.410 e. The fourth-order valence-electron chi connectivity index (χ4n) is 3.95. The molecule has 0 radical (unpaired) electrons. The molecule has 1 amide bonds. The van der Waals surface area contributed by atoms with E-state index in [1.54, 1.807) is 12.0 Å². The Kier molecular flexibility index (Phi) is 7.72. The monoisotopic (exact) mass is 471 g/mol. The lowest BCUT2D eigenvalue weighted by molar-refractivity contribution is 0.0957. The Labute approximate surface area is 204 Å². The summed E-state index contributed by atoms with van der Waals surface area (Å²) in [7, 11) is 1.66. The quantitative estimate of drug-likeness (QED) is 0.372. The molecule has 0 unspecified atom stereocenters. The number of rotatable bonds is 9. The minimum absolute atomic E-state index is 0.239. The smallest absolute Gasteiger partial charge is 0.410 e. The second-order valence-electron chi connectivity index (χ2n) is 8.25. The fourth-order valence-corrected chi connectivity index (χ4v) is 3.95. The summed E-state index contributed by atoms with van der Waals surface area (Å²) < 4.78 is 11.3. The van der Waals surface area contributed by atoms with Crippen molar-refractivity contribution in [2.24, 2.45) is 0 Å². The number of aromatic nitrogens is 4. The van der Waals surface area contributed by atoms with Gasteiger partial charge in [0, 0.05) is 25.1 Å². The summed E-state index contributed by atoms with van der Waals surface area (Å²) in [6, 6.07) is 21.9. The molecule has 180 valence electrons. The average Bonchev–Trinajstić information content (AvgIpc) is 3.39. The number of tetrazole rings is 1. The molecular weight excluding hydrogens is 442 g/mol. The van der Waals surface area contributed by atoms with Crippen LogP contribution in [0.2, 0.25) is 0 Å². The first-order valence-corrected chi connectivity index (χ1v) is 11.5. The zero-order valence-corrected chi connectivity index (χ0v) is 20.2. The Morgan fingerprint density at radius 2 is 1.83 bits per heavy atom. The van der Waals surface area contributed by atoms with Gasteiger partial charge in [0.2, 0.25) is 0 Å². The summed E-state index contributed by atoms with van der Waals surface area (Å²) in [4.78, 5) is 14.6. The number of hydrogen-bond donors (Lipinski definition) is 1. The zero-order valence-electron chi connectivity index (χ0n) is 20.2. The molecule has 4 aromatic rings. The highest BCUT2D eigenvalue weighted by molar-refractivity contribution is 5.75. The number of benzene rings is 3. The van der Waals surface area contributed by atoms with Crippen molar-refractivity contribution in [2.75, 3.05) is 13.7 Å². The van der Waals surface area contributed by atoms with Crippen molar-refractivity contribution in [1.82, 2.24) is 25.5 Å². The molecule has 35 heavy (non-hydrogen) atoms. The Morgan fingerprint density at radius 1 is 1.00 bits per heavy atom. The first kappa shape index (κ1) is 23.9. The van der Waals surface area contributed by atoms with Crippen LogP contribution in [0.15, 0.2) is 66.7 Å². The molecule has 0 bridgehead atoms. The van der Waals surface area contributed by atoms with Gasteiger partial charge in [-0.25, -0.2) is 4.79 Å². The third-order valence-corrected chi connectivity index (χ3v) is 5.77. The molecule has 0 saturated heterocycles. The van der Waals surface area contributed by atoms with Crippen LogP contribution >= 0.6 is 0 Å². The highest BCUT2D eigenvalue weighted by atomic mass is 16.6. The van der Waals surface area contributed by atoms with E-state index in [4.69, 9.17) is 9.47 Å². The Morgan fingerprint density at radius 3 is 2.54 bits per heavy atom. The number of methoxy groups -OCH3 is 1. The largest absolute Gasteiger partial charge is 0.496 e. The van der Waals surface area contributed by atoms with Gasteiger partial charge in [0.1, 0.15) is 12.4 Å². The lowest BCUT2D eigenvalue weighted by Crippen LogP contribution is -2.31. The molecule has 0 fully saturated rings. The predicted octanol–water partition coefficient (Wildman–Crippen LogP) is 4.93. The van der Waals surface area contributed by atoms with E-state index in [0.717, 1.165) is 39.1 Å². The molecule has 4 rings (SSSR count). The molecular formula is C27H29N5O3. The minimum atomic E-state index is -0.346. The molecule has 1 N–H and O–H groups in total. The van der Waals surface area contributed by atoms with Crippen molar-refractivity contribution in [1.29, 1.82) is 0 Å². The highest BCUT2D eigenvalue weighted by Gasteiger charge is 2.18. The van der Waals surface area contributed by atoms with Crippen molar-refractivity contribution < 1.29 is 14.3 Å². The van der Waals surface area contributed by atoms with Gasteiger partial charge in [0.05, 0.1) is 7.11 Å². The molecule has 0 aliphatic rings. The second kappa shape index (κ2) is 11.3. The van der Waals surface area contributed by atoms with Crippen molar-refractivity contribution >= 4 is 6.09 Å². The van der Waals surface area contributed by atoms with Crippen LogP contribution in [0.4, 0.5) is 4.79 Å². The van der Waals surface area contributed by atoms with E-state index in [9.17, 15) is 4.79 Å². The van der Waals surface area contributed by atoms with Gasteiger partial charge in [-0.05, 0) is 48.2 Å². The molecule has 1 heterocycles. The number of carbonyl (C=O) groups is 1. The second-order valence-corrected chi connectivity index (χ2v) is 8.25. The van der Waals surface area contributed by atoms with E-state index in [1.165, 1.54) is 0 Å². The van der Waals surface area contributed by atoms with Gasteiger partial charge in [-0.2, -0.15) is 5.21 Å². The molecule has 8 nitrogen and oxygen atoms in total. The van der Waals surface area contributed by atoms with Crippen molar-refractivity contribution in [3.63, 3.8) is 0 Å². The molecule has 0 atom stereocenters. The van der Waals surface area contributed by atoms with Gasteiger partial charge in [0.15, 0.2) is 5.82 Å². The Bertz CT molecular complexity index is 1260. The maximum atomic E-state index is 12.9. The molecule has 1 aromatic heterocycles. The van der Waals surface area contributed by atoms with Crippen LogP contribution in [-0.4, -0.2) is 45.3 Å². The normalized spacial score (nSPS) is 10.7. The zero-order chi connectivity index (χ0) is 24.6. The van der Waals surface area contributed by atoms with Crippen molar-refractivity contribution in [2.45, 2.75) is 33.4 Å². The van der Waals surface area contributed by atoms with Crippen LogP contribution < -0.4 is 4.74 Å². The lowest BCUT2D eigenvalue weighted by Gasteiger charge is -2.23. The standard InChI is InChI=1S/C27H29N5O3/c1-4-32(27(33)35-18-20-8-6-5-7-9-20)17-22-14-19(2)10-12-23(22)24-15-21(11-13-25(24)34-3)16-26-28-30-31-29-26/h5-15H,4,16-18H2,1-3H3,(H,28,29,30,31). The predicted molar refractivity (Wildman–Crippen MR) is 133 cm³/mol. The summed E-state index contributed by atoms with van der Waals surface area (Å²) >= 11 is 0. The Hall–Kier alpha value is -4.20. The number of nitrogens with one attached hydrogen (secondary N) is 1. The maximum absolute atomic E-state index is 12.9. The summed E-state index contributed by atoms with van der Waals surface area (Å²) in [6.45, 7) is 5.17. The molecule has 0 aliphatic heterocycles. The lowest BCUT2D eigenvalue weighted by atomic mass is 9.94. The van der Waals surface area contributed by atoms with Crippen LogP contribution in [0.1, 0.15) is 35.0 Å². The van der Waals surface area contributed by atoms with Gasteiger partial charge in [-0.3, -0.25) is 0 Å². The van der Waals surface area contributed by atoms with Gasteiger partial charge >= 0.3 is 6.09 Å². The number of aryl methyl sites for hydroxylation is 1. The topological polar surface area (TPSA) is 93.2 Å². The number of aromatic amines is 1. The van der Waals surface area contributed by atoms with Crippen LogP contribution in [0.5, 0.6) is 5.75 Å². The van der Waals surface area contributed by atoms with E-state index in [2.05, 4.69) is 44.9 Å². The molecule has 0 aliphatic carbocycles. The number of hydrogen-bond acceptors (Lipinski definition) is 6. The van der Waals surface area contributed by atoms with Crippen LogP contribution in [0.3, 0.4) is 0 Å². The number of amides is 1. The SMILES string of the molecule is CCN(Cc1cc(C)ccc1-c1cc(Cc2nn[nH]n2)ccc1OC)C(=O)OCc1ccccc1. The Balaban J connectivity index is 1.60. The van der Waals surface area contributed by atoms with Crippen molar-refractivity contribution in [3.05, 3.63) is 94.8 Å². The third kappa shape index (κ3) is 6.03. The minimum Gasteiger partial charge on any atom is -0.496 e. The summed E-state index contributed by atoms with van der Waals surface area (Å²) in [5, 5.41) is 14.2. The van der Waals surface area contributed by atoms with E-state index >= 15 is 0 Å². The first-order valence-electron chi connectivity index (χ1n) is 11.5. The molecule has 0 spiro atoms. The summed E-state index contributed by atoms with van der Waals surface area (Å²) in [6.07, 6.45) is 0.198. The van der Waals surface area contributed by atoms with Crippen LogP contribution in [-0.2, 0) is 24.3 Å². The average molecular weight is 472 g/mol. The van der Waals surface area contributed by atoms with Gasteiger partial charge < -0.3 is 14.4 Å². The van der Waals surface area contributed by atoms with E-state index in [1.807, 2.05) is 56.3 Å². The van der Waals surface area contributed by atoms with Crippen LogP contribution in [0.25, 0.3) is 11.1 Å². The van der Waals surface area contributed by atoms with E-state index in [-0.39, 0.29) is 12.7 Å². The number of carbonyl (C=O) groups excluding carboxylic acids is 1. The van der Waals surface area contributed by atoms with E-state index in [0.29, 0.717) is 25.3 Å². The van der Waals surface area contributed by atoms with Gasteiger partial charge in [0.25, 0.3) is 0 Å². The number of ether oxygens (including phenoxy) is 2. The van der Waals surface area contributed by atoms with Crippen molar-refractivity contribution in [3.8, 4) is 16.9 Å². The first-order chi connectivity index (χ1) is 17.1. The molecule has 8 heteroatoms.